The van der Waals surface area contributed by atoms with Crippen molar-refractivity contribution in [2.75, 3.05) is 11.4 Å². The van der Waals surface area contributed by atoms with Crippen molar-refractivity contribution >= 4 is 33.2 Å². The number of terminal acetylenes is 1. The van der Waals surface area contributed by atoms with Gasteiger partial charge in [0.05, 0.1) is 12.0 Å². The number of nitrogens with zero attached hydrogens (tertiary/aromatic N) is 1. The van der Waals surface area contributed by atoms with Gasteiger partial charge < -0.3 is 9.32 Å². The van der Waals surface area contributed by atoms with Crippen LogP contribution in [0, 0.1) is 12.3 Å². The zero-order valence-electron chi connectivity index (χ0n) is 33.0. The van der Waals surface area contributed by atoms with E-state index in [0.717, 1.165) is 46.0 Å². The Balaban J connectivity index is 1.17. The minimum absolute atomic E-state index is 0.145. The average Bonchev–Trinajstić information content (AvgIpc) is 4.06. The van der Waals surface area contributed by atoms with Gasteiger partial charge >= 0.3 is 0 Å². The van der Waals surface area contributed by atoms with E-state index in [4.69, 9.17) is 10.8 Å². The molecule has 0 aliphatic heterocycles. The summed E-state index contributed by atoms with van der Waals surface area (Å²) < 4.78 is 6.83. The second-order valence-corrected chi connectivity index (χ2v) is 16.4. The van der Waals surface area contributed by atoms with Crippen molar-refractivity contribution in [1.29, 1.82) is 0 Å². The molecule has 6 aromatic carbocycles. The third-order valence-corrected chi connectivity index (χ3v) is 13.7. The van der Waals surface area contributed by atoms with Crippen LogP contribution < -0.4 is 4.90 Å². The smallest absolute Gasteiger partial charge is 0.135 e. The van der Waals surface area contributed by atoms with Crippen LogP contribution in [0.15, 0.2) is 185 Å². The second kappa shape index (κ2) is 13.5. The van der Waals surface area contributed by atoms with Gasteiger partial charge in [0.25, 0.3) is 0 Å². The van der Waals surface area contributed by atoms with Crippen LogP contribution in [0.25, 0.3) is 38.6 Å². The molecule has 2 heteroatoms. The Morgan fingerprint density at radius 3 is 2.12 bits per heavy atom. The van der Waals surface area contributed by atoms with Gasteiger partial charge in [0.1, 0.15) is 11.2 Å². The molecule has 58 heavy (non-hydrogen) atoms. The van der Waals surface area contributed by atoms with Gasteiger partial charge in [-0.15, -0.1) is 6.42 Å². The third kappa shape index (κ3) is 4.86. The molecule has 0 radical (unpaired) electrons. The first-order chi connectivity index (χ1) is 28.7. The fourth-order valence-corrected chi connectivity index (χ4v) is 11.4. The van der Waals surface area contributed by atoms with E-state index in [9.17, 15) is 0 Å². The van der Waals surface area contributed by atoms with Crippen molar-refractivity contribution in [3.8, 4) is 23.5 Å². The highest BCUT2D eigenvalue weighted by Gasteiger charge is 2.49. The highest BCUT2D eigenvalue weighted by Crippen LogP contribution is 2.61. The van der Waals surface area contributed by atoms with E-state index >= 15 is 0 Å². The van der Waals surface area contributed by atoms with Crippen molar-refractivity contribution in [1.82, 2.24) is 0 Å². The van der Waals surface area contributed by atoms with Crippen LogP contribution in [0.2, 0.25) is 0 Å². The molecule has 0 atom stereocenters. The Kier molecular flexibility index (Phi) is 8.09. The number of furan rings is 1. The highest BCUT2D eigenvalue weighted by atomic mass is 16.3. The molecular weight excluding hydrogens is 703 g/mol. The van der Waals surface area contributed by atoms with Crippen LogP contribution in [0.4, 0.5) is 5.69 Å². The number of hydrogen-bond donors (Lipinski definition) is 0. The second-order valence-electron chi connectivity index (χ2n) is 16.4. The minimum atomic E-state index is -0.554. The van der Waals surface area contributed by atoms with Gasteiger partial charge in [-0.3, -0.25) is 0 Å². The zero-order chi connectivity index (χ0) is 38.8. The molecule has 4 aliphatic rings. The predicted octanol–water partition coefficient (Wildman–Crippen LogP) is 13.8. The topological polar surface area (TPSA) is 16.4 Å². The lowest BCUT2D eigenvalue weighted by Gasteiger charge is -2.35. The largest absolute Gasteiger partial charge is 0.456 e. The summed E-state index contributed by atoms with van der Waals surface area (Å²) in [6, 6.07) is 51.7. The summed E-state index contributed by atoms with van der Waals surface area (Å²) in [5.74, 6) is 3.06. The summed E-state index contributed by atoms with van der Waals surface area (Å²) in [5, 5.41) is 2.25. The van der Waals surface area contributed by atoms with Crippen LogP contribution >= 0.6 is 0 Å². The maximum Gasteiger partial charge on any atom is 0.135 e. The van der Waals surface area contributed by atoms with E-state index in [-0.39, 0.29) is 5.41 Å². The number of fused-ring (bicyclic) bond motifs is 10. The maximum absolute atomic E-state index is 6.83. The van der Waals surface area contributed by atoms with E-state index < -0.39 is 5.41 Å². The lowest BCUT2D eigenvalue weighted by molar-refractivity contribution is 0.513. The molecule has 1 spiro atoms. The number of anilines is 1. The molecule has 1 fully saturated rings. The summed E-state index contributed by atoms with van der Waals surface area (Å²) in [4.78, 5) is 2.50. The molecule has 0 bridgehead atoms. The van der Waals surface area contributed by atoms with Crippen molar-refractivity contribution in [3.05, 3.63) is 214 Å². The van der Waals surface area contributed by atoms with Crippen LogP contribution in [-0.2, 0) is 10.8 Å². The first-order valence-corrected chi connectivity index (χ1v) is 21.0. The number of rotatable bonds is 7. The summed E-state index contributed by atoms with van der Waals surface area (Å²) in [5.41, 5.74) is 18.3. The zero-order valence-corrected chi connectivity index (χ0v) is 33.0. The van der Waals surface area contributed by atoms with Crippen molar-refractivity contribution < 1.29 is 4.42 Å². The van der Waals surface area contributed by atoms with Crippen molar-refractivity contribution in [3.63, 3.8) is 0 Å². The summed E-state index contributed by atoms with van der Waals surface area (Å²) in [6.07, 6.45) is 22.2. The molecule has 4 aliphatic carbocycles. The molecule has 0 saturated heterocycles. The van der Waals surface area contributed by atoms with E-state index in [1.807, 2.05) is 13.0 Å². The Hall–Kier alpha value is -6.56. The summed E-state index contributed by atoms with van der Waals surface area (Å²) in [6.45, 7) is 2.63. The standard InChI is InChI=1S/C56H45NO/c1-3-5-19-38(4-2)37-57(50-30-17-28-48-53(50)43-24-11-12-25-45(43)55(48)34-15-16-35-55)40-32-33-51-44(36-40)54-49(29-18-31-52(54)58-51)56(39-20-7-6-8-21-39)46-26-13-9-22-41(46)42-23-10-14-27-47(42)56/h2-3,5-14,18-27,29-33,36H,15-17,28,34-35,37H2,1H3/b5-3-,38-19+. The molecule has 0 unspecified atom stereocenters. The van der Waals surface area contributed by atoms with Gasteiger partial charge in [-0.25, -0.2) is 0 Å². The molecule has 1 heterocycles. The molecule has 7 aromatic rings. The Labute approximate surface area is 341 Å². The van der Waals surface area contributed by atoms with Gasteiger partial charge in [0.15, 0.2) is 0 Å². The summed E-state index contributed by atoms with van der Waals surface area (Å²) in [7, 11) is 0. The normalized spacial score (nSPS) is 17.4. The van der Waals surface area contributed by atoms with Crippen LogP contribution in [0.3, 0.4) is 0 Å². The average molecular weight is 748 g/mol. The first kappa shape index (κ1) is 34.7. The fourth-order valence-electron chi connectivity index (χ4n) is 11.4. The predicted molar refractivity (Wildman–Crippen MR) is 241 cm³/mol. The molecule has 0 amide bonds. The SMILES string of the molecule is C#C/C(=C\C=C/C)CN(C1=CCCC2=C1c1ccccc1C21CCCC1)c1ccc2oc3cccc(C4(c5ccccc5)c5ccccc5-c5ccccc54)c3c2c1. The fraction of sp³-hybridized carbons (Fsp3) is 0.179. The molecule has 1 aromatic heterocycles. The molecule has 0 N–H and O–H groups in total. The molecule has 1 saturated carbocycles. The van der Waals surface area contributed by atoms with Crippen molar-refractivity contribution in [2.24, 2.45) is 0 Å². The van der Waals surface area contributed by atoms with E-state index in [1.165, 1.54) is 81.5 Å². The van der Waals surface area contributed by atoms with Crippen LogP contribution in [0.1, 0.15) is 78.8 Å². The molecule has 280 valence electrons. The lowest BCUT2D eigenvalue weighted by atomic mass is 9.66. The van der Waals surface area contributed by atoms with E-state index in [1.54, 1.807) is 5.57 Å². The van der Waals surface area contributed by atoms with E-state index in [2.05, 4.69) is 169 Å². The minimum Gasteiger partial charge on any atom is -0.456 e. The molecular formula is C56H45NO. The number of allylic oxidation sites excluding steroid dienone is 6. The van der Waals surface area contributed by atoms with Gasteiger partial charge in [-0.1, -0.05) is 152 Å². The monoisotopic (exact) mass is 747 g/mol. The van der Waals surface area contributed by atoms with Gasteiger partial charge in [0.2, 0.25) is 0 Å². The van der Waals surface area contributed by atoms with Crippen LogP contribution in [0.5, 0.6) is 0 Å². The number of benzene rings is 6. The van der Waals surface area contributed by atoms with Crippen LogP contribution in [-0.4, -0.2) is 6.54 Å². The first-order valence-electron chi connectivity index (χ1n) is 21.0. The number of hydrogen-bond acceptors (Lipinski definition) is 2. The Morgan fingerprint density at radius 2 is 1.40 bits per heavy atom. The van der Waals surface area contributed by atoms with Crippen molar-refractivity contribution in [2.45, 2.75) is 56.3 Å². The molecule has 11 rings (SSSR count). The molecule has 2 nitrogen and oxygen atoms in total. The summed E-state index contributed by atoms with van der Waals surface area (Å²) >= 11 is 0. The van der Waals surface area contributed by atoms with Gasteiger partial charge in [-0.2, -0.15) is 0 Å². The Morgan fingerprint density at radius 1 is 0.724 bits per heavy atom. The lowest BCUT2D eigenvalue weighted by Crippen LogP contribution is -2.29. The maximum atomic E-state index is 6.83. The third-order valence-electron chi connectivity index (χ3n) is 13.7. The van der Waals surface area contributed by atoms with E-state index in [0.29, 0.717) is 6.54 Å². The van der Waals surface area contributed by atoms with Gasteiger partial charge in [-0.05, 0) is 113 Å². The highest BCUT2D eigenvalue weighted by molar-refractivity contribution is 6.10. The quantitative estimate of drug-likeness (QED) is 0.119. The van der Waals surface area contributed by atoms with Gasteiger partial charge in [0, 0.05) is 38.7 Å². The Bertz CT molecular complexity index is 2910.